The van der Waals surface area contributed by atoms with Crippen LogP contribution in [0.15, 0.2) is 6.07 Å². The fraction of sp³-hybridized carbons (Fsp3) is 0.562. The second kappa shape index (κ2) is 6.98. The van der Waals surface area contributed by atoms with E-state index in [2.05, 4.69) is 6.92 Å². The molecule has 0 aliphatic carbocycles. The van der Waals surface area contributed by atoms with Crippen molar-refractivity contribution in [1.82, 2.24) is 0 Å². The first-order chi connectivity index (χ1) is 10.5. The summed E-state index contributed by atoms with van der Waals surface area (Å²) in [6.07, 6.45) is 3.72. The Bertz CT molecular complexity index is 554. The van der Waals surface area contributed by atoms with Crippen molar-refractivity contribution >= 4 is 5.97 Å². The third kappa shape index (κ3) is 3.18. The molecule has 6 heteroatoms. The predicted octanol–water partition coefficient (Wildman–Crippen LogP) is 2.96. The van der Waals surface area contributed by atoms with Crippen LogP contribution in [0, 0.1) is 0 Å². The molecule has 2 rings (SSSR count). The number of hydrogen-bond acceptors (Lipinski definition) is 5. The van der Waals surface area contributed by atoms with E-state index in [0.29, 0.717) is 17.5 Å². The molecule has 0 spiro atoms. The monoisotopic (exact) mass is 310 g/mol. The molecular weight excluding hydrogens is 288 g/mol. The maximum absolute atomic E-state index is 11.2. The Hall–Kier alpha value is -1.79. The number of rotatable bonds is 6. The van der Waals surface area contributed by atoms with Gasteiger partial charge in [-0.25, -0.2) is 4.79 Å². The first kappa shape index (κ1) is 16.6. The number of aromatic carboxylic acids is 1. The van der Waals surface area contributed by atoms with E-state index >= 15 is 0 Å². The Balaban J connectivity index is 2.34. The number of carboxylic acid groups (broad SMARTS) is 1. The van der Waals surface area contributed by atoms with Crippen molar-refractivity contribution in [1.29, 1.82) is 0 Å². The SMILES string of the molecule is CCCCC[C@@H]1Cc2cc(O)c(C(=O)O)c(O)c2[C@@H](OC)O1. The smallest absolute Gasteiger partial charge is 0.343 e. The van der Waals surface area contributed by atoms with Crippen LogP contribution in [0.1, 0.15) is 60.4 Å². The lowest BCUT2D eigenvalue weighted by molar-refractivity contribution is -0.170. The van der Waals surface area contributed by atoms with E-state index in [0.717, 1.165) is 25.7 Å². The van der Waals surface area contributed by atoms with Crippen LogP contribution in [0.2, 0.25) is 0 Å². The number of hydrogen-bond donors (Lipinski definition) is 3. The molecule has 1 aliphatic heterocycles. The molecule has 0 saturated heterocycles. The summed E-state index contributed by atoms with van der Waals surface area (Å²) in [4.78, 5) is 11.2. The molecule has 1 aromatic carbocycles. The molecule has 2 atom stereocenters. The number of aromatic hydroxyl groups is 2. The maximum Gasteiger partial charge on any atom is 0.343 e. The Morgan fingerprint density at radius 1 is 1.41 bits per heavy atom. The molecule has 1 heterocycles. The van der Waals surface area contributed by atoms with E-state index in [1.54, 1.807) is 0 Å². The normalized spacial score (nSPS) is 20.6. The van der Waals surface area contributed by atoms with Crippen molar-refractivity contribution < 1.29 is 29.6 Å². The zero-order chi connectivity index (χ0) is 16.3. The van der Waals surface area contributed by atoms with Crippen molar-refractivity contribution in [3.63, 3.8) is 0 Å². The van der Waals surface area contributed by atoms with Crippen molar-refractivity contribution in [3.05, 3.63) is 22.8 Å². The van der Waals surface area contributed by atoms with E-state index < -0.39 is 29.3 Å². The maximum atomic E-state index is 11.2. The first-order valence-corrected chi connectivity index (χ1v) is 7.48. The molecule has 0 saturated carbocycles. The van der Waals surface area contributed by atoms with Crippen molar-refractivity contribution in [2.24, 2.45) is 0 Å². The second-order valence-corrected chi connectivity index (χ2v) is 5.52. The van der Waals surface area contributed by atoms with Crippen molar-refractivity contribution in [3.8, 4) is 11.5 Å². The topological polar surface area (TPSA) is 96.2 Å². The minimum Gasteiger partial charge on any atom is -0.507 e. The molecule has 0 radical (unpaired) electrons. The minimum absolute atomic E-state index is 0.0709. The van der Waals surface area contributed by atoms with E-state index in [9.17, 15) is 15.0 Å². The lowest BCUT2D eigenvalue weighted by Crippen LogP contribution is -2.27. The van der Waals surface area contributed by atoms with Crippen LogP contribution < -0.4 is 0 Å². The lowest BCUT2D eigenvalue weighted by atomic mass is 9.92. The molecular formula is C16H22O6. The van der Waals surface area contributed by atoms with E-state index in [1.165, 1.54) is 13.2 Å². The minimum atomic E-state index is -1.39. The average Bonchev–Trinajstić information content (AvgIpc) is 2.45. The number of benzene rings is 1. The van der Waals surface area contributed by atoms with Crippen LogP contribution in [-0.4, -0.2) is 34.5 Å². The third-order valence-electron chi connectivity index (χ3n) is 3.96. The molecule has 0 bridgehead atoms. The van der Waals surface area contributed by atoms with Gasteiger partial charge < -0.3 is 24.8 Å². The number of unbranched alkanes of at least 4 members (excludes halogenated alkanes) is 2. The van der Waals surface area contributed by atoms with Gasteiger partial charge in [0.05, 0.1) is 11.7 Å². The summed E-state index contributed by atoms with van der Waals surface area (Å²) in [6, 6.07) is 1.39. The Kier molecular flexibility index (Phi) is 5.26. The highest BCUT2D eigenvalue weighted by molar-refractivity contribution is 5.94. The van der Waals surface area contributed by atoms with Crippen LogP contribution in [0.5, 0.6) is 11.5 Å². The number of carboxylic acids is 1. The molecule has 3 N–H and O–H groups in total. The highest BCUT2D eigenvalue weighted by Gasteiger charge is 2.33. The summed E-state index contributed by atoms with van der Waals surface area (Å²) in [5.74, 6) is -2.31. The number of ether oxygens (including phenoxy) is 2. The molecule has 122 valence electrons. The molecule has 0 fully saturated rings. The predicted molar refractivity (Wildman–Crippen MR) is 79.2 cm³/mol. The summed E-state index contributed by atoms with van der Waals surface area (Å²) in [5, 5.41) is 29.1. The van der Waals surface area contributed by atoms with Gasteiger partial charge in [0.25, 0.3) is 0 Å². The Morgan fingerprint density at radius 2 is 2.14 bits per heavy atom. The Morgan fingerprint density at radius 3 is 2.73 bits per heavy atom. The fourth-order valence-corrected chi connectivity index (χ4v) is 2.87. The first-order valence-electron chi connectivity index (χ1n) is 7.48. The van der Waals surface area contributed by atoms with Crippen LogP contribution in [0.4, 0.5) is 0 Å². The van der Waals surface area contributed by atoms with Crippen molar-refractivity contribution in [2.45, 2.75) is 51.4 Å². The lowest BCUT2D eigenvalue weighted by Gasteiger charge is -2.32. The summed E-state index contributed by atoms with van der Waals surface area (Å²) in [7, 11) is 1.44. The number of fused-ring (bicyclic) bond motifs is 1. The zero-order valence-electron chi connectivity index (χ0n) is 12.8. The van der Waals surface area contributed by atoms with Gasteiger partial charge in [-0.3, -0.25) is 0 Å². The van der Waals surface area contributed by atoms with Crippen LogP contribution >= 0.6 is 0 Å². The van der Waals surface area contributed by atoms with Crippen LogP contribution in [-0.2, 0) is 15.9 Å². The van der Waals surface area contributed by atoms with Gasteiger partial charge in [0.15, 0.2) is 6.29 Å². The molecule has 0 aromatic heterocycles. The van der Waals surface area contributed by atoms with Gasteiger partial charge in [0, 0.05) is 7.11 Å². The summed E-state index contributed by atoms with van der Waals surface area (Å²) in [5.41, 5.74) is 0.442. The van der Waals surface area contributed by atoms with Gasteiger partial charge in [-0.15, -0.1) is 0 Å². The van der Waals surface area contributed by atoms with Gasteiger partial charge in [-0.1, -0.05) is 26.2 Å². The molecule has 0 unspecified atom stereocenters. The molecule has 22 heavy (non-hydrogen) atoms. The van der Waals surface area contributed by atoms with Gasteiger partial charge >= 0.3 is 5.97 Å². The van der Waals surface area contributed by atoms with Crippen LogP contribution in [0.3, 0.4) is 0 Å². The van der Waals surface area contributed by atoms with E-state index in [-0.39, 0.29) is 6.10 Å². The molecule has 0 amide bonds. The molecule has 1 aromatic rings. The van der Waals surface area contributed by atoms with Crippen molar-refractivity contribution in [2.75, 3.05) is 7.11 Å². The quantitative estimate of drug-likeness (QED) is 0.699. The van der Waals surface area contributed by atoms with Gasteiger partial charge in [-0.05, 0) is 24.5 Å². The standard InChI is InChI=1S/C16H22O6/c1-3-4-5-6-10-7-9-8-11(17)13(15(19)20)14(18)12(9)16(21-2)22-10/h8,10,16-18H,3-7H2,1-2H3,(H,19,20)/t10-,16+/m1/s1. The largest absolute Gasteiger partial charge is 0.507 e. The average molecular weight is 310 g/mol. The third-order valence-corrected chi connectivity index (χ3v) is 3.96. The number of phenols is 2. The van der Waals surface area contributed by atoms with Gasteiger partial charge in [0.1, 0.15) is 17.1 Å². The highest BCUT2D eigenvalue weighted by atomic mass is 16.7. The highest BCUT2D eigenvalue weighted by Crippen LogP contribution is 2.43. The Labute approximate surface area is 129 Å². The summed E-state index contributed by atoms with van der Waals surface area (Å²) in [6.45, 7) is 2.12. The molecule has 6 nitrogen and oxygen atoms in total. The number of methoxy groups -OCH3 is 1. The van der Waals surface area contributed by atoms with Gasteiger partial charge in [0.2, 0.25) is 0 Å². The second-order valence-electron chi connectivity index (χ2n) is 5.52. The molecule has 1 aliphatic rings. The van der Waals surface area contributed by atoms with Crippen LogP contribution in [0.25, 0.3) is 0 Å². The fourth-order valence-electron chi connectivity index (χ4n) is 2.87. The summed E-state index contributed by atoms with van der Waals surface area (Å²) < 4.78 is 11.1. The number of carbonyl (C=O) groups is 1. The van der Waals surface area contributed by atoms with Gasteiger partial charge in [-0.2, -0.15) is 0 Å². The van der Waals surface area contributed by atoms with E-state index in [4.69, 9.17) is 14.6 Å². The van der Waals surface area contributed by atoms with E-state index in [1.807, 2.05) is 0 Å². The summed E-state index contributed by atoms with van der Waals surface area (Å²) >= 11 is 0. The zero-order valence-corrected chi connectivity index (χ0v) is 12.8.